The molecule has 3 heterocycles. The third-order valence-corrected chi connectivity index (χ3v) is 4.17. The van der Waals surface area contributed by atoms with Crippen LogP contribution in [0, 0.1) is 5.92 Å². The van der Waals surface area contributed by atoms with Crippen LogP contribution >= 0.6 is 0 Å². The van der Waals surface area contributed by atoms with Gasteiger partial charge in [-0.15, -0.1) is 0 Å². The first-order chi connectivity index (χ1) is 9.72. The number of hydrogen-bond donors (Lipinski definition) is 0. The van der Waals surface area contributed by atoms with Crippen molar-refractivity contribution < 1.29 is 9.53 Å². The Morgan fingerprint density at radius 3 is 2.80 bits per heavy atom. The van der Waals surface area contributed by atoms with Crippen LogP contribution < -0.4 is 4.90 Å². The van der Waals surface area contributed by atoms with Crippen LogP contribution in [0.15, 0.2) is 18.2 Å². The van der Waals surface area contributed by atoms with E-state index in [9.17, 15) is 4.79 Å². The molecular formula is C15H21N3O2. The van der Waals surface area contributed by atoms with Gasteiger partial charge in [0.15, 0.2) is 0 Å². The smallest absolute Gasteiger partial charge is 0.415 e. The van der Waals surface area contributed by atoms with Crippen molar-refractivity contribution >= 4 is 11.9 Å². The number of aromatic nitrogens is 1. The second kappa shape index (κ2) is 5.79. The summed E-state index contributed by atoms with van der Waals surface area (Å²) in [6, 6.07) is 5.92. The minimum absolute atomic E-state index is 0.283. The molecule has 1 aromatic rings. The number of likely N-dealkylation sites (tertiary alicyclic amines) is 1. The molecule has 0 bridgehead atoms. The largest absolute Gasteiger partial charge is 0.447 e. The summed E-state index contributed by atoms with van der Waals surface area (Å²) >= 11 is 0. The average Bonchev–Trinajstić information content (AvgIpc) is 2.88. The average molecular weight is 275 g/mol. The van der Waals surface area contributed by atoms with E-state index in [4.69, 9.17) is 4.74 Å². The van der Waals surface area contributed by atoms with Crippen LogP contribution in [0.3, 0.4) is 0 Å². The monoisotopic (exact) mass is 275 g/mol. The quantitative estimate of drug-likeness (QED) is 0.845. The Hall–Kier alpha value is -1.62. The molecule has 0 atom stereocenters. The molecule has 0 saturated carbocycles. The normalized spacial score (nSPS) is 21.2. The van der Waals surface area contributed by atoms with Gasteiger partial charge in [0.2, 0.25) is 0 Å². The van der Waals surface area contributed by atoms with E-state index in [1.165, 1.54) is 25.9 Å². The van der Waals surface area contributed by atoms with E-state index in [0.717, 1.165) is 17.9 Å². The standard InChI is InChI=1S/C15H21N3O2/c1-17-7-5-12(6-8-17)11-13-3-2-4-14(16-13)18-9-10-20-15(18)19/h2-4,12H,5-11H2,1H3. The molecule has 0 N–H and O–H groups in total. The lowest BCUT2D eigenvalue weighted by molar-refractivity contribution is 0.181. The van der Waals surface area contributed by atoms with Crippen molar-refractivity contribution in [3.8, 4) is 0 Å². The minimum Gasteiger partial charge on any atom is -0.447 e. The van der Waals surface area contributed by atoms with Gasteiger partial charge in [-0.25, -0.2) is 9.78 Å². The third kappa shape index (κ3) is 2.93. The lowest BCUT2D eigenvalue weighted by Gasteiger charge is -2.28. The first-order valence-electron chi connectivity index (χ1n) is 7.31. The van der Waals surface area contributed by atoms with Crippen LogP contribution in [-0.2, 0) is 11.2 Å². The molecule has 2 aliphatic rings. The summed E-state index contributed by atoms with van der Waals surface area (Å²) in [6.07, 6.45) is 3.18. The number of pyridine rings is 1. The Bertz CT molecular complexity index is 484. The molecule has 3 rings (SSSR count). The lowest BCUT2D eigenvalue weighted by atomic mass is 9.92. The second-order valence-electron chi connectivity index (χ2n) is 5.70. The summed E-state index contributed by atoms with van der Waals surface area (Å²) in [5, 5.41) is 0. The van der Waals surface area contributed by atoms with E-state index in [2.05, 4.69) is 23.0 Å². The summed E-state index contributed by atoms with van der Waals surface area (Å²) in [4.78, 5) is 20.2. The maximum Gasteiger partial charge on any atom is 0.415 e. The molecule has 5 heteroatoms. The van der Waals surface area contributed by atoms with Crippen molar-refractivity contribution in [3.63, 3.8) is 0 Å². The van der Waals surface area contributed by atoms with E-state index < -0.39 is 0 Å². The Morgan fingerprint density at radius 1 is 1.30 bits per heavy atom. The summed E-state index contributed by atoms with van der Waals surface area (Å²) in [6.45, 7) is 3.40. The van der Waals surface area contributed by atoms with Crippen molar-refractivity contribution in [1.29, 1.82) is 0 Å². The molecule has 2 fully saturated rings. The van der Waals surface area contributed by atoms with Gasteiger partial charge >= 0.3 is 6.09 Å². The molecule has 0 aromatic carbocycles. The highest BCUT2D eigenvalue weighted by Gasteiger charge is 2.25. The van der Waals surface area contributed by atoms with Crippen LogP contribution in [0.1, 0.15) is 18.5 Å². The van der Waals surface area contributed by atoms with Crippen LogP contribution in [-0.4, -0.2) is 49.3 Å². The summed E-state index contributed by atoms with van der Waals surface area (Å²) in [7, 11) is 2.17. The van der Waals surface area contributed by atoms with Crippen molar-refractivity contribution in [3.05, 3.63) is 23.9 Å². The molecule has 2 saturated heterocycles. The number of anilines is 1. The number of hydrogen-bond acceptors (Lipinski definition) is 4. The highest BCUT2D eigenvalue weighted by atomic mass is 16.6. The zero-order chi connectivity index (χ0) is 13.9. The van der Waals surface area contributed by atoms with Crippen LogP contribution in [0.4, 0.5) is 10.6 Å². The van der Waals surface area contributed by atoms with Gasteiger partial charge < -0.3 is 9.64 Å². The maximum atomic E-state index is 11.6. The number of cyclic esters (lactones) is 1. The Morgan fingerprint density at radius 2 is 2.10 bits per heavy atom. The van der Waals surface area contributed by atoms with Crippen LogP contribution in [0.5, 0.6) is 0 Å². The van der Waals surface area contributed by atoms with E-state index in [0.29, 0.717) is 19.1 Å². The van der Waals surface area contributed by atoms with E-state index in [1.807, 2.05) is 12.1 Å². The van der Waals surface area contributed by atoms with Crippen molar-refractivity contribution in [2.75, 3.05) is 38.2 Å². The third-order valence-electron chi connectivity index (χ3n) is 4.17. The minimum atomic E-state index is -0.283. The van der Waals surface area contributed by atoms with Crippen molar-refractivity contribution in [1.82, 2.24) is 9.88 Å². The van der Waals surface area contributed by atoms with Gasteiger partial charge in [-0.2, -0.15) is 0 Å². The predicted molar refractivity (Wildman–Crippen MR) is 76.9 cm³/mol. The van der Waals surface area contributed by atoms with Gasteiger partial charge in [0.1, 0.15) is 12.4 Å². The number of piperidine rings is 1. The molecule has 0 spiro atoms. The highest BCUT2D eigenvalue weighted by molar-refractivity contribution is 5.88. The number of amides is 1. The van der Waals surface area contributed by atoms with E-state index in [1.54, 1.807) is 4.90 Å². The van der Waals surface area contributed by atoms with Gasteiger partial charge in [-0.05, 0) is 57.5 Å². The molecule has 0 aliphatic carbocycles. The summed E-state index contributed by atoms with van der Waals surface area (Å²) < 4.78 is 4.96. The topological polar surface area (TPSA) is 45.7 Å². The highest BCUT2D eigenvalue weighted by Crippen LogP contribution is 2.22. The number of ether oxygens (including phenoxy) is 1. The lowest BCUT2D eigenvalue weighted by Crippen LogP contribution is -2.31. The summed E-state index contributed by atoms with van der Waals surface area (Å²) in [5.74, 6) is 1.43. The molecule has 20 heavy (non-hydrogen) atoms. The van der Waals surface area contributed by atoms with Gasteiger partial charge in [0, 0.05) is 5.69 Å². The maximum absolute atomic E-state index is 11.6. The van der Waals surface area contributed by atoms with Crippen LogP contribution in [0.25, 0.3) is 0 Å². The number of nitrogens with zero attached hydrogens (tertiary/aromatic N) is 3. The SMILES string of the molecule is CN1CCC(Cc2cccc(N3CCOC3=O)n2)CC1. The number of carbonyl (C=O) groups is 1. The van der Waals surface area contributed by atoms with Crippen LogP contribution in [0.2, 0.25) is 0 Å². The van der Waals surface area contributed by atoms with Gasteiger partial charge in [0.25, 0.3) is 0 Å². The molecule has 1 amide bonds. The second-order valence-corrected chi connectivity index (χ2v) is 5.70. The molecule has 0 radical (unpaired) electrons. The fraction of sp³-hybridized carbons (Fsp3) is 0.600. The number of carbonyl (C=O) groups excluding carboxylic acids is 1. The number of rotatable bonds is 3. The zero-order valence-electron chi connectivity index (χ0n) is 11.9. The first kappa shape index (κ1) is 13.4. The van der Waals surface area contributed by atoms with Gasteiger partial charge in [-0.3, -0.25) is 4.90 Å². The molecular weight excluding hydrogens is 254 g/mol. The Kier molecular flexibility index (Phi) is 3.87. The molecule has 0 unspecified atom stereocenters. The summed E-state index contributed by atoms with van der Waals surface area (Å²) in [5.41, 5.74) is 1.08. The molecule has 5 nitrogen and oxygen atoms in total. The Labute approximate surface area is 119 Å². The molecule has 2 aliphatic heterocycles. The van der Waals surface area contributed by atoms with E-state index in [-0.39, 0.29) is 6.09 Å². The van der Waals surface area contributed by atoms with Crippen molar-refractivity contribution in [2.45, 2.75) is 19.3 Å². The van der Waals surface area contributed by atoms with Gasteiger partial charge in [0.05, 0.1) is 6.54 Å². The van der Waals surface area contributed by atoms with Gasteiger partial charge in [-0.1, -0.05) is 6.07 Å². The fourth-order valence-electron chi connectivity index (χ4n) is 2.89. The van der Waals surface area contributed by atoms with E-state index >= 15 is 0 Å². The molecule has 1 aromatic heterocycles. The van der Waals surface area contributed by atoms with Crippen molar-refractivity contribution in [2.24, 2.45) is 5.92 Å². The Balaban J connectivity index is 1.66. The predicted octanol–water partition coefficient (Wildman–Crippen LogP) is 1.92. The first-order valence-corrected chi connectivity index (χ1v) is 7.31. The fourth-order valence-corrected chi connectivity index (χ4v) is 2.89. The molecule has 108 valence electrons. The zero-order valence-corrected chi connectivity index (χ0v) is 11.9.